The minimum Gasteiger partial charge on any atom is -0.392 e. The van der Waals surface area contributed by atoms with Gasteiger partial charge in [0.25, 0.3) is 0 Å². The topological polar surface area (TPSA) is 128 Å². The molecule has 0 saturated heterocycles. The Morgan fingerprint density at radius 3 is 1.26 bits per heavy atom. The van der Waals surface area contributed by atoms with Crippen LogP contribution in [-0.4, -0.2) is 93.7 Å². The number of hydrogen-bond donors (Lipinski definition) is 7. The summed E-state index contributed by atoms with van der Waals surface area (Å²) < 4.78 is 0. The van der Waals surface area contributed by atoms with Crippen LogP contribution in [-0.2, 0) is 0 Å². The Morgan fingerprint density at radius 1 is 0.704 bits per heavy atom. The van der Waals surface area contributed by atoms with E-state index in [-0.39, 0.29) is 30.5 Å². The summed E-state index contributed by atoms with van der Waals surface area (Å²) in [6, 6.07) is 0. The van der Waals surface area contributed by atoms with Crippen LogP contribution in [0.15, 0.2) is 25.6 Å². The first-order chi connectivity index (χ1) is 12.5. The van der Waals surface area contributed by atoms with Crippen molar-refractivity contribution >= 4 is 0 Å². The van der Waals surface area contributed by atoms with Gasteiger partial charge >= 0.3 is 0 Å². The van der Waals surface area contributed by atoms with Gasteiger partial charge in [-0.25, -0.2) is 0 Å². The van der Waals surface area contributed by atoms with Crippen molar-refractivity contribution in [2.45, 2.75) is 65.1 Å². The van der Waals surface area contributed by atoms with Crippen LogP contribution in [0.25, 0.3) is 0 Å². The average Bonchev–Trinajstić information content (AvgIpc) is 2.51. The highest BCUT2D eigenvalue weighted by Crippen LogP contribution is 1.94. The number of nitrogens with one attached hydrogen (secondary N) is 2. The molecule has 0 rings (SSSR count). The van der Waals surface area contributed by atoms with Crippen molar-refractivity contribution in [1.29, 1.82) is 0 Å². The number of nitrogens with zero attached hydrogens (tertiary/aromatic N) is 1. The summed E-state index contributed by atoms with van der Waals surface area (Å²) in [4.78, 5) is 1.79. The van der Waals surface area contributed by atoms with E-state index in [1.54, 1.807) is 51.9 Å². The molecule has 0 saturated carbocycles. The maximum absolute atomic E-state index is 9.00. The predicted octanol–water partition coefficient (Wildman–Crippen LogP) is -0.369. The molecule has 0 heterocycles. The molecule has 0 amide bonds. The van der Waals surface area contributed by atoms with E-state index in [0.29, 0.717) is 32.7 Å². The van der Waals surface area contributed by atoms with Gasteiger partial charge in [-0.1, -0.05) is 13.2 Å². The molecule has 164 valence electrons. The molecule has 8 nitrogen and oxygen atoms in total. The number of hydrogen-bond acceptors (Lipinski definition) is 8. The van der Waals surface area contributed by atoms with E-state index >= 15 is 0 Å². The molecule has 0 aliphatic rings. The van der Waals surface area contributed by atoms with Crippen LogP contribution < -0.4 is 10.6 Å². The zero-order chi connectivity index (χ0) is 21.8. The molecule has 5 unspecified atom stereocenters. The SMILES string of the molecule is C=CN(CC(C)O)CC(C)O.C=CNCC(C)O.CC(O)CNCC(C)O. The quantitative estimate of drug-likeness (QED) is 0.239. The number of rotatable bonds is 12. The van der Waals surface area contributed by atoms with Gasteiger partial charge in [0.15, 0.2) is 0 Å². The van der Waals surface area contributed by atoms with E-state index < -0.39 is 0 Å². The second-order valence-corrected chi connectivity index (χ2v) is 6.65. The molecule has 0 bridgehead atoms. The van der Waals surface area contributed by atoms with E-state index in [1.165, 1.54) is 0 Å². The zero-order valence-corrected chi connectivity index (χ0v) is 17.7. The van der Waals surface area contributed by atoms with Gasteiger partial charge in [0, 0.05) is 32.7 Å². The first kappa shape index (κ1) is 30.6. The lowest BCUT2D eigenvalue weighted by molar-refractivity contribution is 0.110. The van der Waals surface area contributed by atoms with Crippen molar-refractivity contribution in [2.75, 3.05) is 32.7 Å². The molecular weight excluding hydrogens is 350 g/mol. The maximum atomic E-state index is 9.00. The molecule has 27 heavy (non-hydrogen) atoms. The van der Waals surface area contributed by atoms with Crippen molar-refractivity contribution < 1.29 is 25.5 Å². The van der Waals surface area contributed by atoms with Gasteiger partial charge in [-0.15, -0.1) is 0 Å². The van der Waals surface area contributed by atoms with Crippen LogP contribution in [0.5, 0.6) is 0 Å². The van der Waals surface area contributed by atoms with Crippen LogP contribution in [0.1, 0.15) is 34.6 Å². The minimum absolute atomic E-state index is 0.280. The normalized spacial score (nSPS) is 15.5. The Morgan fingerprint density at radius 2 is 1.07 bits per heavy atom. The molecule has 0 radical (unpaired) electrons. The van der Waals surface area contributed by atoms with Gasteiger partial charge in [0.1, 0.15) is 0 Å². The second-order valence-electron chi connectivity index (χ2n) is 6.65. The van der Waals surface area contributed by atoms with E-state index in [0.717, 1.165) is 0 Å². The van der Waals surface area contributed by atoms with Crippen molar-refractivity contribution in [2.24, 2.45) is 0 Å². The van der Waals surface area contributed by atoms with Gasteiger partial charge in [-0.3, -0.25) is 0 Å². The molecule has 0 aromatic rings. The van der Waals surface area contributed by atoms with Gasteiger partial charge < -0.3 is 41.1 Å². The van der Waals surface area contributed by atoms with Gasteiger partial charge in [0.2, 0.25) is 0 Å². The Bertz CT molecular complexity index is 306. The Hall–Kier alpha value is -1.16. The molecule has 7 N–H and O–H groups in total. The summed E-state index contributed by atoms with van der Waals surface area (Å²) in [5, 5.41) is 49.7. The van der Waals surface area contributed by atoms with E-state index in [9.17, 15) is 0 Å². The van der Waals surface area contributed by atoms with Crippen molar-refractivity contribution in [3.8, 4) is 0 Å². The van der Waals surface area contributed by atoms with Crippen molar-refractivity contribution in [3.05, 3.63) is 25.6 Å². The highest BCUT2D eigenvalue weighted by atomic mass is 16.3. The van der Waals surface area contributed by atoms with Crippen LogP contribution in [0.3, 0.4) is 0 Å². The van der Waals surface area contributed by atoms with Crippen molar-refractivity contribution in [1.82, 2.24) is 15.5 Å². The van der Waals surface area contributed by atoms with Crippen LogP contribution in [0, 0.1) is 0 Å². The molecule has 0 aromatic heterocycles. The van der Waals surface area contributed by atoms with Crippen LogP contribution >= 0.6 is 0 Å². The lowest BCUT2D eigenvalue weighted by Crippen LogP contribution is -2.31. The predicted molar refractivity (Wildman–Crippen MR) is 111 cm³/mol. The standard InChI is InChI=1S/C8H17NO2.C6H15NO2.C5H11NO/c1-4-9(5-7(2)10)6-8(3)11;1-5(8)3-7-4-6(2)9;1-3-6-4-5(2)7/h4,7-8,10-11H,1,5-6H2,2-3H3;5-9H,3-4H2,1-2H3;3,5-7H,1,4H2,2H3. The minimum atomic E-state index is -0.383. The fourth-order valence-corrected chi connectivity index (χ4v) is 1.66. The van der Waals surface area contributed by atoms with Gasteiger partial charge in [0.05, 0.1) is 30.5 Å². The highest BCUT2D eigenvalue weighted by molar-refractivity contribution is 4.74. The fourth-order valence-electron chi connectivity index (χ4n) is 1.66. The lowest BCUT2D eigenvalue weighted by atomic mass is 10.3. The molecule has 5 atom stereocenters. The summed E-state index contributed by atoms with van der Waals surface area (Å²) in [5.74, 6) is 0. The van der Waals surface area contributed by atoms with Crippen molar-refractivity contribution in [3.63, 3.8) is 0 Å². The Labute approximate surface area is 165 Å². The van der Waals surface area contributed by atoms with E-state index in [2.05, 4.69) is 23.8 Å². The Balaban J connectivity index is -0.000000329. The summed E-state index contributed by atoms with van der Waals surface area (Å²) in [7, 11) is 0. The third-order valence-corrected chi connectivity index (χ3v) is 2.69. The maximum Gasteiger partial charge on any atom is 0.0686 e. The van der Waals surface area contributed by atoms with Crippen LogP contribution in [0.4, 0.5) is 0 Å². The molecule has 0 aromatic carbocycles. The third-order valence-electron chi connectivity index (χ3n) is 2.69. The van der Waals surface area contributed by atoms with Crippen LogP contribution in [0.2, 0.25) is 0 Å². The Kier molecular flexibility index (Phi) is 23.9. The number of aliphatic hydroxyl groups excluding tert-OH is 5. The first-order valence-electron chi connectivity index (χ1n) is 9.28. The first-order valence-corrected chi connectivity index (χ1v) is 9.28. The summed E-state index contributed by atoms with van der Waals surface area (Å²) in [5.41, 5.74) is 0. The summed E-state index contributed by atoms with van der Waals surface area (Å²) in [6.45, 7) is 18.2. The molecule has 0 fully saturated rings. The lowest BCUT2D eigenvalue weighted by Gasteiger charge is -2.22. The molecule has 0 aliphatic heterocycles. The molecular formula is C19H43N3O5. The average molecular weight is 394 g/mol. The molecule has 0 aliphatic carbocycles. The fraction of sp³-hybridized carbons (Fsp3) is 0.789. The van der Waals surface area contributed by atoms with E-state index in [4.69, 9.17) is 25.5 Å². The molecule has 0 spiro atoms. The molecule has 8 heteroatoms. The zero-order valence-electron chi connectivity index (χ0n) is 17.7. The highest BCUT2D eigenvalue weighted by Gasteiger charge is 2.05. The second kappa shape index (κ2) is 21.1. The number of aliphatic hydroxyl groups is 5. The van der Waals surface area contributed by atoms with Gasteiger partial charge in [-0.2, -0.15) is 0 Å². The smallest absolute Gasteiger partial charge is 0.0686 e. The summed E-state index contributed by atoms with van der Waals surface area (Å²) >= 11 is 0. The third kappa shape index (κ3) is 36.5. The van der Waals surface area contributed by atoms with Gasteiger partial charge in [-0.05, 0) is 47.0 Å². The monoisotopic (exact) mass is 393 g/mol. The summed E-state index contributed by atoms with van der Waals surface area (Å²) in [6.07, 6.45) is 1.48. The largest absolute Gasteiger partial charge is 0.392 e. The van der Waals surface area contributed by atoms with E-state index in [1.807, 2.05) is 0 Å².